The van der Waals surface area contributed by atoms with Gasteiger partial charge in [0.15, 0.2) is 0 Å². The summed E-state index contributed by atoms with van der Waals surface area (Å²) in [5.74, 6) is -0.402. The van der Waals surface area contributed by atoms with Crippen LogP contribution in [-0.2, 0) is 26.0 Å². The smallest absolute Gasteiger partial charge is 0.240 e. The van der Waals surface area contributed by atoms with Crippen molar-refractivity contribution in [1.82, 2.24) is 9.62 Å². The quantitative estimate of drug-likeness (QED) is 0.637. The first-order valence-electron chi connectivity index (χ1n) is 9.70. The molecule has 0 aromatic heterocycles. The molecule has 2 amide bonds. The minimum Gasteiger partial charge on any atom is -0.369 e. The van der Waals surface area contributed by atoms with Crippen LogP contribution in [0.4, 0.5) is 5.69 Å². The Morgan fingerprint density at radius 1 is 1.29 bits per heavy atom. The fraction of sp³-hybridized carbons (Fsp3) is 0.579. The molecule has 1 unspecified atom stereocenters. The van der Waals surface area contributed by atoms with E-state index in [1.165, 1.54) is 6.92 Å². The van der Waals surface area contributed by atoms with Crippen LogP contribution in [0.1, 0.15) is 31.7 Å². The molecule has 3 N–H and O–H groups in total. The number of nitrogens with one attached hydrogen (secondary N) is 1. The number of nitrogens with zero attached hydrogens (tertiary/aromatic N) is 2. The van der Waals surface area contributed by atoms with Crippen molar-refractivity contribution in [2.45, 2.75) is 37.5 Å². The Morgan fingerprint density at radius 3 is 2.79 bits per heavy atom. The molecular formula is C19H28N4O4S. The zero-order valence-corrected chi connectivity index (χ0v) is 17.0. The highest BCUT2D eigenvalue weighted by Gasteiger charge is 2.25. The Balaban J connectivity index is 1.52. The molecule has 0 saturated carbocycles. The number of carbonyl (C=O) groups excluding carboxylic acids is 2. The highest BCUT2D eigenvalue weighted by Crippen LogP contribution is 2.30. The number of likely N-dealkylation sites (tertiary alicyclic amines) is 1. The first-order valence-corrected chi connectivity index (χ1v) is 11.2. The minimum absolute atomic E-state index is 0.0382. The number of sulfonamides is 1. The van der Waals surface area contributed by atoms with Crippen LogP contribution in [0.5, 0.6) is 0 Å². The molecule has 9 heteroatoms. The van der Waals surface area contributed by atoms with Gasteiger partial charge in [0, 0.05) is 32.2 Å². The van der Waals surface area contributed by atoms with Gasteiger partial charge in [0.2, 0.25) is 21.8 Å². The molecule has 2 aliphatic rings. The highest BCUT2D eigenvalue weighted by molar-refractivity contribution is 7.89. The van der Waals surface area contributed by atoms with Gasteiger partial charge in [-0.05, 0) is 62.5 Å². The van der Waals surface area contributed by atoms with Gasteiger partial charge in [-0.25, -0.2) is 13.1 Å². The van der Waals surface area contributed by atoms with Gasteiger partial charge in [0.25, 0.3) is 0 Å². The van der Waals surface area contributed by atoms with Gasteiger partial charge < -0.3 is 15.5 Å². The summed E-state index contributed by atoms with van der Waals surface area (Å²) in [6.45, 7) is 4.72. The molecule has 0 spiro atoms. The zero-order valence-electron chi connectivity index (χ0n) is 16.2. The third-order valence-electron chi connectivity index (χ3n) is 5.49. The number of piperidine rings is 1. The lowest BCUT2D eigenvalue weighted by atomic mass is 9.97. The third kappa shape index (κ3) is 4.71. The molecule has 0 aliphatic carbocycles. The van der Waals surface area contributed by atoms with Gasteiger partial charge >= 0.3 is 0 Å². The number of hydrogen-bond acceptors (Lipinski definition) is 5. The normalized spacial score (nSPS) is 20.2. The van der Waals surface area contributed by atoms with Crippen molar-refractivity contribution in [3.8, 4) is 0 Å². The second kappa shape index (κ2) is 8.59. The van der Waals surface area contributed by atoms with Gasteiger partial charge in [-0.3, -0.25) is 9.59 Å². The van der Waals surface area contributed by atoms with Gasteiger partial charge in [0.1, 0.15) is 0 Å². The third-order valence-corrected chi connectivity index (χ3v) is 6.95. The summed E-state index contributed by atoms with van der Waals surface area (Å²) in [6, 6.07) is 4.91. The maximum absolute atomic E-state index is 12.6. The molecule has 28 heavy (non-hydrogen) atoms. The molecule has 1 fully saturated rings. The molecule has 8 nitrogen and oxygen atoms in total. The number of rotatable bonds is 7. The fourth-order valence-corrected chi connectivity index (χ4v) is 5.08. The number of primary amides is 1. The molecule has 1 aromatic rings. The van der Waals surface area contributed by atoms with E-state index >= 15 is 0 Å². The molecule has 2 heterocycles. The van der Waals surface area contributed by atoms with Crippen LogP contribution in [-0.4, -0.2) is 57.9 Å². The maximum atomic E-state index is 12.6. The standard InChI is InChI=1S/C19H28N4O4S/c1-14(24)23-11-7-15-12-17(5-6-18(15)23)28(26,27)21-8-3-10-22-9-2-4-16(13-22)19(20)25/h5-6,12,16,21H,2-4,7-11,13H2,1H3,(H2,20,25). The predicted molar refractivity (Wildman–Crippen MR) is 106 cm³/mol. The summed E-state index contributed by atoms with van der Waals surface area (Å²) < 4.78 is 27.8. The average molecular weight is 409 g/mol. The summed E-state index contributed by atoms with van der Waals surface area (Å²) in [5.41, 5.74) is 7.06. The van der Waals surface area contributed by atoms with Crippen molar-refractivity contribution in [2.24, 2.45) is 11.7 Å². The molecule has 2 aliphatic heterocycles. The Labute approximate surface area is 166 Å². The van der Waals surface area contributed by atoms with Gasteiger partial charge in [-0.2, -0.15) is 0 Å². The Kier molecular flexibility index (Phi) is 6.36. The van der Waals surface area contributed by atoms with Gasteiger partial charge in [-0.15, -0.1) is 0 Å². The second-order valence-corrected chi connectivity index (χ2v) is 9.27. The molecule has 0 radical (unpaired) electrons. The van der Waals surface area contributed by atoms with Crippen LogP contribution < -0.4 is 15.4 Å². The van der Waals surface area contributed by atoms with Crippen LogP contribution in [0.25, 0.3) is 0 Å². The van der Waals surface area contributed by atoms with Crippen molar-refractivity contribution < 1.29 is 18.0 Å². The monoisotopic (exact) mass is 408 g/mol. The Hall–Kier alpha value is -1.97. The van der Waals surface area contributed by atoms with E-state index in [1.807, 2.05) is 0 Å². The van der Waals surface area contributed by atoms with Gasteiger partial charge in [-0.1, -0.05) is 0 Å². The van der Waals surface area contributed by atoms with Crippen molar-refractivity contribution in [1.29, 1.82) is 0 Å². The van der Waals surface area contributed by atoms with E-state index in [-0.39, 0.29) is 22.6 Å². The van der Waals surface area contributed by atoms with Crippen LogP contribution >= 0.6 is 0 Å². The van der Waals surface area contributed by atoms with Crippen LogP contribution in [0, 0.1) is 5.92 Å². The van der Waals surface area contributed by atoms with Crippen LogP contribution in [0.2, 0.25) is 0 Å². The summed E-state index contributed by atoms with van der Waals surface area (Å²) in [7, 11) is -3.59. The largest absolute Gasteiger partial charge is 0.369 e. The van der Waals surface area contributed by atoms with Crippen molar-refractivity contribution >= 4 is 27.5 Å². The predicted octanol–water partition coefficient (Wildman–Crippen LogP) is 0.461. The molecule has 1 atom stereocenters. The minimum atomic E-state index is -3.59. The summed E-state index contributed by atoms with van der Waals surface area (Å²) in [5, 5.41) is 0. The average Bonchev–Trinajstić information content (AvgIpc) is 3.09. The first-order chi connectivity index (χ1) is 13.3. The van der Waals surface area contributed by atoms with E-state index < -0.39 is 10.0 Å². The number of amides is 2. The van der Waals surface area contributed by atoms with Crippen molar-refractivity contribution in [3.05, 3.63) is 23.8 Å². The lowest BCUT2D eigenvalue weighted by Crippen LogP contribution is -2.42. The van der Waals surface area contributed by atoms with E-state index in [1.54, 1.807) is 23.1 Å². The molecule has 1 saturated heterocycles. The molecular weight excluding hydrogens is 380 g/mol. The Bertz CT molecular complexity index is 855. The Morgan fingerprint density at radius 2 is 2.07 bits per heavy atom. The molecule has 3 rings (SSSR count). The number of nitrogens with two attached hydrogens (primary N) is 1. The topological polar surface area (TPSA) is 113 Å². The zero-order chi connectivity index (χ0) is 20.3. The van der Waals surface area contributed by atoms with E-state index in [2.05, 4.69) is 9.62 Å². The molecule has 1 aromatic carbocycles. The van der Waals surface area contributed by atoms with Crippen LogP contribution in [0.3, 0.4) is 0 Å². The maximum Gasteiger partial charge on any atom is 0.240 e. The number of fused-ring (bicyclic) bond motifs is 1. The van der Waals surface area contributed by atoms with Crippen molar-refractivity contribution in [3.63, 3.8) is 0 Å². The number of hydrogen-bond donors (Lipinski definition) is 2. The first kappa shape index (κ1) is 20.8. The molecule has 154 valence electrons. The summed E-state index contributed by atoms with van der Waals surface area (Å²) in [6.07, 6.45) is 3.09. The summed E-state index contributed by atoms with van der Waals surface area (Å²) in [4.78, 5) is 27.0. The molecule has 0 bridgehead atoms. The second-order valence-electron chi connectivity index (χ2n) is 7.50. The van der Waals surface area contributed by atoms with E-state index in [9.17, 15) is 18.0 Å². The van der Waals surface area contributed by atoms with Crippen LogP contribution in [0.15, 0.2) is 23.1 Å². The lowest BCUT2D eigenvalue weighted by Gasteiger charge is -2.31. The SMILES string of the molecule is CC(=O)N1CCc2cc(S(=O)(=O)NCCCN3CCCC(C(N)=O)C3)ccc21. The van der Waals surface area contributed by atoms with E-state index in [4.69, 9.17) is 5.73 Å². The number of benzene rings is 1. The fourth-order valence-electron chi connectivity index (χ4n) is 3.96. The lowest BCUT2D eigenvalue weighted by molar-refractivity contribution is -0.123. The van der Waals surface area contributed by atoms with Crippen molar-refractivity contribution in [2.75, 3.05) is 37.6 Å². The van der Waals surface area contributed by atoms with E-state index in [0.29, 0.717) is 32.5 Å². The van der Waals surface area contributed by atoms with Gasteiger partial charge in [0.05, 0.1) is 10.8 Å². The summed E-state index contributed by atoms with van der Waals surface area (Å²) >= 11 is 0. The van der Waals surface area contributed by atoms with E-state index in [0.717, 1.165) is 37.2 Å². The highest BCUT2D eigenvalue weighted by atomic mass is 32.2. The number of anilines is 1. The number of carbonyl (C=O) groups is 2.